The summed E-state index contributed by atoms with van der Waals surface area (Å²) in [5.41, 5.74) is 0. The van der Waals surface area contributed by atoms with Crippen LogP contribution in [-0.2, 0) is 9.59 Å². The van der Waals surface area contributed by atoms with Gasteiger partial charge in [-0.3, -0.25) is 9.59 Å². The lowest BCUT2D eigenvalue weighted by atomic mass is 10.2. The minimum absolute atomic E-state index is 0.0463. The van der Waals surface area contributed by atoms with Gasteiger partial charge in [-0.1, -0.05) is 0 Å². The van der Waals surface area contributed by atoms with Crippen molar-refractivity contribution in [2.24, 2.45) is 0 Å². The molecule has 13 heavy (non-hydrogen) atoms. The predicted molar refractivity (Wildman–Crippen MR) is 43.4 cm³/mol. The standard InChI is InChI=1S/C4H6O4.C3H7NO/c5-3(6)1-2-4(7)8;5-3-1-4-2-3/h1-2H2,(H,5,6)(H,7,8);3-5H,1-2H2. The predicted octanol–water partition coefficient (Wildman–Crippen LogP) is -1.11. The normalized spacial score (nSPS) is 15.2. The van der Waals surface area contributed by atoms with Crippen molar-refractivity contribution < 1.29 is 24.9 Å². The van der Waals surface area contributed by atoms with E-state index in [9.17, 15) is 9.59 Å². The van der Waals surface area contributed by atoms with Gasteiger partial charge in [0.15, 0.2) is 0 Å². The number of aliphatic carboxylic acids is 2. The van der Waals surface area contributed by atoms with Gasteiger partial charge in [-0.2, -0.15) is 0 Å². The Balaban J connectivity index is 0.000000243. The van der Waals surface area contributed by atoms with Gasteiger partial charge in [0.1, 0.15) is 0 Å². The molecule has 0 bridgehead atoms. The fourth-order valence-electron chi connectivity index (χ4n) is 0.487. The molecule has 6 heteroatoms. The van der Waals surface area contributed by atoms with Crippen molar-refractivity contribution in [2.45, 2.75) is 18.9 Å². The molecule has 1 fully saturated rings. The highest BCUT2D eigenvalue weighted by Gasteiger charge is 2.10. The summed E-state index contributed by atoms with van der Waals surface area (Å²) in [6, 6.07) is 0. The highest BCUT2D eigenvalue weighted by Crippen LogP contribution is 1.86. The molecule has 0 radical (unpaired) electrons. The Morgan fingerprint density at radius 2 is 1.46 bits per heavy atom. The van der Waals surface area contributed by atoms with Crippen LogP contribution in [-0.4, -0.2) is 46.5 Å². The molecule has 0 aromatic heterocycles. The summed E-state index contributed by atoms with van der Waals surface area (Å²) in [6.45, 7) is 1.58. The lowest BCUT2D eigenvalue weighted by Crippen LogP contribution is -2.46. The van der Waals surface area contributed by atoms with Gasteiger partial charge >= 0.3 is 11.9 Å². The molecule has 4 N–H and O–H groups in total. The van der Waals surface area contributed by atoms with Crippen molar-refractivity contribution >= 4 is 11.9 Å². The average molecular weight is 191 g/mol. The van der Waals surface area contributed by atoms with Crippen molar-refractivity contribution in [1.82, 2.24) is 5.32 Å². The summed E-state index contributed by atoms with van der Waals surface area (Å²) < 4.78 is 0. The molecule has 6 nitrogen and oxygen atoms in total. The van der Waals surface area contributed by atoms with Crippen LogP contribution in [0.1, 0.15) is 12.8 Å². The highest BCUT2D eigenvalue weighted by atomic mass is 16.4. The highest BCUT2D eigenvalue weighted by molar-refractivity contribution is 5.75. The lowest BCUT2D eigenvalue weighted by molar-refractivity contribution is -0.143. The van der Waals surface area contributed by atoms with Crippen molar-refractivity contribution in [3.05, 3.63) is 0 Å². The molecule has 0 spiro atoms. The van der Waals surface area contributed by atoms with Crippen LogP contribution < -0.4 is 5.32 Å². The minimum atomic E-state index is -1.08. The Morgan fingerprint density at radius 3 is 1.54 bits per heavy atom. The summed E-state index contributed by atoms with van der Waals surface area (Å²) >= 11 is 0. The second-order valence-electron chi connectivity index (χ2n) is 2.60. The van der Waals surface area contributed by atoms with E-state index in [1.54, 1.807) is 0 Å². The second-order valence-corrected chi connectivity index (χ2v) is 2.60. The maximum atomic E-state index is 9.64. The van der Waals surface area contributed by atoms with E-state index < -0.39 is 11.9 Å². The Bertz CT molecular complexity index is 164. The number of rotatable bonds is 3. The molecule has 1 heterocycles. The van der Waals surface area contributed by atoms with Crippen molar-refractivity contribution in [3.63, 3.8) is 0 Å². The zero-order chi connectivity index (χ0) is 10.3. The lowest BCUT2D eigenvalue weighted by Gasteiger charge is -2.20. The van der Waals surface area contributed by atoms with Crippen LogP contribution in [0.15, 0.2) is 0 Å². The maximum absolute atomic E-state index is 9.64. The zero-order valence-corrected chi connectivity index (χ0v) is 7.06. The SMILES string of the molecule is O=C(O)CCC(=O)O.OC1CNC1. The topological polar surface area (TPSA) is 107 Å². The van der Waals surface area contributed by atoms with Crippen LogP contribution in [0.5, 0.6) is 0 Å². The number of aliphatic hydroxyl groups excluding tert-OH is 1. The molecule has 1 saturated heterocycles. The van der Waals surface area contributed by atoms with E-state index >= 15 is 0 Å². The van der Waals surface area contributed by atoms with Crippen LogP contribution in [0, 0.1) is 0 Å². The molecule has 0 atom stereocenters. The molecule has 0 aromatic carbocycles. The Kier molecular flexibility index (Phi) is 5.82. The number of β-amino-alcohol motifs (C(OH)–C–C–N with tert-alkyl or cyclic N) is 1. The molecule has 0 amide bonds. The van der Waals surface area contributed by atoms with E-state index in [0.29, 0.717) is 0 Å². The van der Waals surface area contributed by atoms with Crippen LogP contribution in [0.3, 0.4) is 0 Å². The number of hydrogen-bond acceptors (Lipinski definition) is 4. The van der Waals surface area contributed by atoms with Gasteiger partial charge in [0.2, 0.25) is 0 Å². The second kappa shape index (κ2) is 6.38. The number of carboxylic acid groups (broad SMARTS) is 2. The molecule has 1 rings (SSSR count). The van der Waals surface area contributed by atoms with Crippen LogP contribution in [0.2, 0.25) is 0 Å². The molecule has 76 valence electrons. The molecule has 1 aliphatic rings. The monoisotopic (exact) mass is 191 g/mol. The Labute approximate surface area is 75.2 Å². The van der Waals surface area contributed by atoms with Crippen LogP contribution in [0.4, 0.5) is 0 Å². The number of carboxylic acids is 2. The molecule has 0 aromatic rings. The van der Waals surface area contributed by atoms with Gasteiger partial charge in [-0.15, -0.1) is 0 Å². The summed E-state index contributed by atoms with van der Waals surface area (Å²) in [7, 11) is 0. The maximum Gasteiger partial charge on any atom is 0.303 e. The van der Waals surface area contributed by atoms with E-state index in [2.05, 4.69) is 5.32 Å². The van der Waals surface area contributed by atoms with E-state index in [4.69, 9.17) is 15.3 Å². The quantitative estimate of drug-likeness (QED) is 0.450. The van der Waals surface area contributed by atoms with Crippen LogP contribution in [0.25, 0.3) is 0 Å². The van der Waals surface area contributed by atoms with Crippen molar-refractivity contribution in [3.8, 4) is 0 Å². The van der Waals surface area contributed by atoms with Gasteiger partial charge in [0.25, 0.3) is 0 Å². The van der Waals surface area contributed by atoms with E-state index in [0.717, 1.165) is 13.1 Å². The summed E-state index contributed by atoms with van der Waals surface area (Å²) in [5.74, 6) is -2.15. The van der Waals surface area contributed by atoms with Gasteiger partial charge < -0.3 is 20.6 Å². The molecule has 0 aliphatic carbocycles. The first-order valence-electron chi connectivity index (χ1n) is 3.84. The Morgan fingerprint density at radius 1 is 1.15 bits per heavy atom. The molecular weight excluding hydrogens is 178 g/mol. The van der Waals surface area contributed by atoms with Crippen molar-refractivity contribution in [2.75, 3.05) is 13.1 Å². The van der Waals surface area contributed by atoms with Gasteiger partial charge in [-0.05, 0) is 0 Å². The van der Waals surface area contributed by atoms with Gasteiger partial charge in [-0.25, -0.2) is 0 Å². The number of nitrogens with one attached hydrogen (secondary N) is 1. The molecule has 0 saturated carbocycles. The van der Waals surface area contributed by atoms with Crippen LogP contribution >= 0.6 is 0 Å². The largest absolute Gasteiger partial charge is 0.481 e. The first-order valence-corrected chi connectivity index (χ1v) is 3.84. The fourth-order valence-corrected chi connectivity index (χ4v) is 0.487. The first kappa shape index (κ1) is 11.9. The van der Waals surface area contributed by atoms with E-state index in [1.165, 1.54) is 0 Å². The smallest absolute Gasteiger partial charge is 0.303 e. The summed E-state index contributed by atoms with van der Waals surface area (Å²) in [4.78, 5) is 19.3. The van der Waals surface area contributed by atoms with E-state index in [-0.39, 0.29) is 18.9 Å². The van der Waals surface area contributed by atoms with Crippen molar-refractivity contribution in [1.29, 1.82) is 0 Å². The summed E-state index contributed by atoms with van der Waals surface area (Å²) in [5, 5.41) is 27.1. The third-order valence-electron chi connectivity index (χ3n) is 1.31. The summed E-state index contributed by atoms with van der Waals surface area (Å²) in [6.07, 6.45) is -0.639. The first-order chi connectivity index (χ1) is 6.02. The third-order valence-corrected chi connectivity index (χ3v) is 1.31. The fraction of sp³-hybridized carbons (Fsp3) is 0.714. The molecular formula is C7H13NO5. The third kappa shape index (κ3) is 8.77. The average Bonchev–Trinajstić information content (AvgIpc) is 1.98. The van der Waals surface area contributed by atoms with E-state index in [1.807, 2.05) is 0 Å². The number of aliphatic hydroxyl groups is 1. The minimum Gasteiger partial charge on any atom is -0.481 e. The van der Waals surface area contributed by atoms with Gasteiger partial charge in [0, 0.05) is 13.1 Å². The Hall–Kier alpha value is -1.14. The number of carbonyl (C=O) groups is 2. The molecule has 0 unspecified atom stereocenters. The zero-order valence-electron chi connectivity index (χ0n) is 7.06. The van der Waals surface area contributed by atoms with Gasteiger partial charge in [0.05, 0.1) is 18.9 Å². The number of hydrogen-bond donors (Lipinski definition) is 4. The molecule has 1 aliphatic heterocycles.